The van der Waals surface area contributed by atoms with Gasteiger partial charge in [-0.2, -0.15) is 0 Å². The van der Waals surface area contributed by atoms with Crippen LogP contribution in [0, 0.1) is 0 Å². The average molecular weight is 444 g/mol. The van der Waals surface area contributed by atoms with Crippen LogP contribution >= 0.6 is 11.6 Å². The normalized spacial score (nSPS) is 18.1. The number of rotatable bonds is 5. The van der Waals surface area contributed by atoms with E-state index in [9.17, 15) is 9.59 Å². The number of halogens is 1. The van der Waals surface area contributed by atoms with Crippen LogP contribution in [-0.4, -0.2) is 56.1 Å². The molecule has 31 heavy (non-hydrogen) atoms. The van der Waals surface area contributed by atoms with E-state index in [2.05, 4.69) is 5.32 Å². The SMILES string of the molecule is COc1ccc(NC(=O)CN2C[C@@H](C(=O)N3CCCCC3)Oc3ccccc32)cc1Cl. The molecule has 7 nitrogen and oxygen atoms in total. The number of piperidine rings is 1. The fourth-order valence-corrected chi connectivity index (χ4v) is 4.28. The molecule has 0 unspecified atom stereocenters. The number of ether oxygens (including phenoxy) is 2. The van der Waals surface area contributed by atoms with Crippen molar-refractivity contribution in [1.82, 2.24) is 4.90 Å². The fraction of sp³-hybridized carbons (Fsp3) is 0.391. The zero-order chi connectivity index (χ0) is 21.8. The molecule has 2 aromatic carbocycles. The van der Waals surface area contributed by atoms with E-state index in [1.54, 1.807) is 18.2 Å². The summed E-state index contributed by atoms with van der Waals surface area (Å²) in [6.45, 7) is 1.94. The van der Waals surface area contributed by atoms with E-state index in [-0.39, 0.29) is 18.4 Å². The lowest BCUT2D eigenvalue weighted by atomic mass is 10.1. The molecule has 0 bridgehead atoms. The zero-order valence-corrected chi connectivity index (χ0v) is 18.2. The predicted octanol–water partition coefficient (Wildman–Crippen LogP) is 3.57. The molecule has 2 heterocycles. The van der Waals surface area contributed by atoms with Crippen molar-refractivity contribution in [3.8, 4) is 11.5 Å². The van der Waals surface area contributed by atoms with Crippen molar-refractivity contribution in [2.45, 2.75) is 25.4 Å². The smallest absolute Gasteiger partial charge is 0.265 e. The van der Waals surface area contributed by atoms with Crippen molar-refractivity contribution >= 4 is 34.8 Å². The summed E-state index contributed by atoms with van der Waals surface area (Å²) in [6.07, 6.45) is 2.56. The van der Waals surface area contributed by atoms with E-state index in [0.717, 1.165) is 38.0 Å². The molecule has 2 aromatic rings. The minimum atomic E-state index is -0.628. The predicted molar refractivity (Wildman–Crippen MR) is 120 cm³/mol. The number of anilines is 2. The number of para-hydroxylation sites is 2. The third-order valence-electron chi connectivity index (χ3n) is 5.57. The van der Waals surface area contributed by atoms with E-state index in [1.807, 2.05) is 34.1 Å². The molecule has 2 amide bonds. The minimum absolute atomic E-state index is 0.0125. The summed E-state index contributed by atoms with van der Waals surface area (Å²) in [5.41, 5.74) is 1.38. The van der Waals surface area contributed by atoms with Gasteiger partial charge in [-0.1, -0.05) is 23.7 Å². The molecule has 1 saturated heterocycles. The standard InChI is InChI=1S/C23H26ClN3O4/c1-30-19-10-9-16(13-17(19)24)25-22(28)15-27-14-21(23(29)26-11-5-2-6-12-26)31-20-8-4-3-7-18(20)27/h3-4,7-10,13,21H,2,5-6,11-12,14-15H2,1H3,(H,25,28)/t21-/m0/s1. The van der Waals surface area contributed by atoms with Gasteiger partial charge in [-0.3, -0.25) is 9.59 Å². The Morgan fingerprint density at radius 2 is 1.94 bits per heavy atom. The maximum Gasteiger partial charge on any atom is 0.265 e. The number of fused-ring (bicyclic) bond motifs is 1. The minimum Gasteiger partial charge on any atom is -0.495 e. The molecular weight excluding hydrogens is 418 g/mol. The van der Waals surface area contributed by atoms with Crippen LogP contribution in [-0.2, 0) is 9.59 Å². The van der Waals surface area contributed by atoms with Crippen molar-refractivity contribution in [3.05, 3.63) is 47.5 Å². The molecule has 0 aromatic heterocycles. The number of methoxy groups -OCH3 is 1. The first-order valence-electron chi connectivity index (χ1n) is 10.5. The van der Waals surface area contributed by atoms with Gasteiger partial charge < -0.3 is 24.6 Å². The number of carbonyl (C=O) groups is 2. The maximum absolute atomic E-state index is 13.0. The number of hydrogen-bond acceptors (Lipinski definition) is 5. The lowest BCUT2D eigenvalue weighted by molar-refractivity contribution is -0.139. The highest BCUT2D eigenvalue weighted by molar-refractivity contribution is 6.32. The monoisotopic (exact) mass is 443 g/mol. The van der Waals surface area contributed by atoms with Crippen molar-refractivity contribution in [2.24, 2.45) is 0 Å². The summed E-state index contributed by atoms with van der Waals surface area (Å²) in [6, 6.07) is 12.6. The van der Waals surface area contributed by atoms with Gasteiger partial charge in [0, 0.05) is 18.8 Å². The largest absolute Gasteiger partial charge is 0.495 e. The van der Waals surface area contributed by atoms with Gasteiger partial charge in [0.05, 0.1) is 30.9 Å². The van der Waals surface area contributed by atoms with Crippen LogP contribution in [0.3, 0.4) is 0 Å². The Kier molecular flexibility index (Phi) is 6.51. The third kappa shape index (κ3) is 4.88. The maximum atomic E-state index is 13.0. The lowest BCUT2D eigenvalue weighted by Crippen LogP contribution is -2.52. The quantitative estimate of drug-likeness (QED) is 0.765. The van der Waals surface area contributed by atoms with Crippen LogP contribution in [0.25, 0.3) is 0 Å². The van der Waals surface area contributed by atoms with E-state index in [1.165, 1.54) is 7.11 Å². The first kappa shape index (κ1) is 21.3. The van der Waals surface area contributed by atoms with Gasteiger partial charge in [0.1, 0.15) is 11.5 Å². The van der Waals surface area contributed by atoms with Crippen molar-refractivity contribution < 1.29 is 19.1 Å². The van der Waals surface area contributed by atoms with E-state index in [0.29, 0.717) is 28.8 Å². The van der Waals surface area contributed by atoms with Crippen molar-refractivity contribution in [3.63, 3.8) is 0 Å². The van der Waals surface area contributed by atoms with Crippen molar-refractivity contribution in [2.75, 3.05) is 43.5 Å². The third-order valence-corrected chi connectivity index (χ3v) is 5.87. The second-order valence-corrected chi connectivity index (χ2v) is 8.15. The van der Waals surface area contributed by atoms with E-state index in [4.69, 9.17) is 21.1 Å². The highest BCUT2D eigenvalue weighted by atomic mass is 35.5. The Hall–Kier alpha value is -2.93. The van der Waals surface area contributed by atoms with Crippen LogP contribution in [0.4, 0.5) is 11.4 Å². The summed E-state index contributed by atoms with van der Waals surface area (Å²) >= 11 is 6.15. The van der Waals surface area contributed by atoms with Gasteiger partial charge in [0.15, 0.2) is 6.10 Å². The number of benzene rings is 2. The van der Waals surface area contributed by atoms with Crippen LogP contribution < -0.4 is 19.7 Å². The Labute approximate surface area is 186 Å². The summed E-state index contributed by atoms with van der Waals surface area (Å²) in [7, 11) is 1.54. The highest BCUT2D eigenvalue weighted by Crippen LogP contribution is 2.34. The number of amides is 2. The molecule has 1 atom stereocenters. The molecular formula is C23H26ClN3O4. The summed E-state index contributed by atoms with van der Waals surface area (Å²) in [5, 5.41) is 3.28. The Morgan fingerprint density at radius 3 is 2.68 bits per heavy atom. The number of nitrogens with one attached hydrogen (secondary N) is 1. The van der Waals surface area contributed by atoms with E-state index >= 15 is 0 Å². The molecule has 1 fully saturated rings. The summed E-state index contributed by atoms with van der Waals surface area (Å²) < 4.78 is 11.2. The van der Waals surface area contributed by atoms with Crippen LogP contribution in [0.5, 0.6) is 11.5 Å². The molecule has 2 aliphatic heterocycles. The number of hydrogen-bond donors (Lipinski definition) is 1. The Morgan fingerprint density at radius 1 is 1.16 bits per heavy atom. The lowest BCUT2D eigenvalue weighted by Gasteiger charge is -2.38. The molecule has 1 N–H and O–H groups in total. The van der Waals surface area contributed by atoms with Gasteiger partial charge in [-0.05, 0) is 49.6 Å². The molecule has 0 aliphatic carbocycles. The Balaban J connectivity index is 1.47. The average Bonchev–Trinajstić information content (AvgIpc) is 2.79. The Bertz CT molecular complexity index is 962. The number of carbonyl (C=O) groups excluding carboxylic acids is 2. The molecule has 164 valence electrons. The summed E-state index contributed by atoms with van der Waals surface area (Å²) in [4.78, 5) is 29.6. The molecule has 0 spiro atoms. The van der Waals surface area contributed by atoms with Crippen LogP contribution in [0.2, 0.25) is 5.02 Å². The highest BCUT2D eigenvalue weighted by Gasteiger charge is 2.34. The van der Waals surface area contributed by atoms with Crippen LogP contribution in [0.1, 0.15) is 19.3 Å². The van der Waals surface area contributed by atoms with Gasteiger partial charge in [0.25, 0.3) is 5.91 Å². The van der Waals surface area contributed by atoms with Gasteiger partial charge in [-0.25, -0.2) is 0 Å². The zero-order valence-electron chi connectivity index (χ0n) is 17.5. The molecule has 2 aliphatic rings. The first-order chi connectivity index (χ1) is 15.0. The molecule has 0 saturated carbocycles. The second-order valence-electron chi connectivity index (χ2n) is 7.74. The topological polar surface area (TPSA) is 71.1 Å². The van der Waals surface area contributed by atoms with Crippen molar-refractivity contribution in [1.29, 1.82) is 0 Å². The fourth-order valence-electron chi connectivity index (χ4n) is 4.02. The first-order valence-corrected chi connectivity index (χ1v) is 10.9. The molecule has 8 heteroatoms. The summed E-state index contributed by atoms with van der Waals surface area (Å²) in [5.74, 6) is 0.939. The molecule has 0 radical (unpaired) electrons. The second kappa shape index (κ2) is 9.47. The number of nitrogens with zero attached hydrogens (tertiary/aromatic N) is 2. The molecule has 4 rings (SSSR count). The van der Waals surface area contributed by atoms with Crippen LogP contribution in [0.15, 0.2) is 42.5 Å². The number of likely N-dealkylation sites (tertiary alicyclic amines) is 1. The van der Waals surface area contributed by atoms with Gasteiger partial charge in [-0.15, -0.1) is 0 Å². The van der Waals surface area contributed by atoms with Gasteiger partial charge >= 0.3 is 0 Å². The van der Waals surface area contributed by atoms with E-state index < -0.39 is 6.10 Å². The van der Waals surface area contributed by atoms with Gasteiger partial charge in [0.2, 0.25) is 5.91 Å².